The second kappa shape index (κ2) is 18.0. The van der Waals surface area contributed by atoms with E-state index in [1.807, 2.05) is 27.7 Å². The smallest absolute Gasteiger partial charge is 0.306 e. The van der Waals surface area contributed by atoms with E-state index in [9.17, 15) is 24.0 Å². The highest BCUT2D eigenvalue weighted by Gasteiger charge is 2.36. The normalized spacial score (nSPS) is 20.0. The van der Waals surface area contributed by atoms with E-state index in [2.05, 4.69) is 28.0 Å². The van der Waals surface area contributed by atoms with Crippen LogP contribution in [0, 0.1) is 23.6 Å². The molecule has 1 saturated carbocycles. The molecule has 13 heteroatoms. The summed E-state index contributed by atoms with van der Waals surface area (Å²) in [6.07, 6.45) is 6.61. The van der Waals surface area contributed by atoms with Crippen LogP contribution in [0.1, 0.15) is 122 Å². The van der Waals surface area contributed by atoms with Gasteiger partial charge in [-0.3, -0.25) is 28.7 Å². The zero-order valence-corrected chi connectivity index (χ0v) is 31.8. The minimum atomic E-state index is -0.945. The molecule has 1 aromatic carbocycles. The topological polar surface area (TPSA) is 152 Å². The van der Waals surface area contributed by atoms with Gasteiger partial charge in [0.15, 0.2) is 0 Å². The fourth-order valence-electron chi connectivity index (χ4n) is 7.18. The third-order valence-corrected chi connectivity index (χ3v) is 10.3. The standard InChI is InChI=1S/C39H57FN6O6/c1-8-32(47)43-34(38(51)45-20-17-26(18-21-45)22-33(48)52-39(5,6)7)25(4)28-14-15-30(29(40)23-28)42-37(50)35(27-12-10-24(3)11-13-27)44-36(49)31-16-19-41-46(31)9-2/h14-16,19,23-27,34-35H,8-13,17-18,20-22H2,1-7H3,(H,42,50)(H,43,47)(H,44,49)/t24-,25-,27-,34+,35-/m0/s1. The zero-order valence-electron chi connectivity index (χ0n) is 31.8. The predicted octanol–water partition coefficient (Wildman–Crippen LogP) is 5.57. The van der Waals surface area contributed by atoms with Crippen molar-refractivity contribution in [3.63, 3.8) is 0 Å². The molecule has 0 unspecified atom stereocenters. The number of hydrogen-bond acceptors (Lipinski definition) is 7. The number of aromatic nitrogens is 2. The predicted molar refractivity (Wildman–Crippen MR) is 196 cm³/mol. The average Bonchev–Trinajstić information content (AvgIpc) is 3.59. The third kappa shape index (κ3) is 10.9. The number of ether oxygens (including phenoxy) is 1. The van der Waals surface area contributed by atoms with Gasteiger partial charge in [0.1, 0.15) is 29.2 Å². The fraction of sp³-hybridized carbons (Fsp3) is 0.641. The lowest BCUT2D eigenvalue weighted by molar-refractivity contribution is -0.156. The molecule has 3 N–H and O–H groups in total. The van der Waals surface area contributed by atoms with E-state index in [-0.39, 0.29) is 48.1 Å². The van der Waals surface area contributed by atoms with Crippen LogP contribution in [0.2, 0.25) is 0 Å². The van der Waals surface area contributed by atoms with Crippen LogP contribution in [0.25, 0.3) is 0 Å². The molecule has 0 radical (unpaired) electrons. The maximum absolute atomic E-state index is 15.8. The second-order valence-electron chi connectivity index (χ2n) is 15.5. The van der Waals surface area contributed by atoms with E-state index in [1.54, 1.807) is 35.6 Å². The van der Waals surface area contributed by atoms with Gasteiger partial charge in [-0.15, -0.1) is 0 Å². The van der Waals surface area contributed by atoms with E-state index in [1.165, 1.54) is 18.3 Å². The van der Waals surface area contributed by atoms with Crippen molar-refractivity contribution in [1.29, 1.82) is 0 Å². The Balaban J connectivity index is 1.46. The first kappa shape index (κ1) is 40.5. The molecule has 0 bridgehead atoms. The molecule has 286 valence electrons. The first-order chi connectivity index (χ1) is 24.6. The number of anilines is 1. The molecule has 52 heavy (non-hydrogen) atoms. The van der Waals surface area contributed by atoms with Crippen molar-refractivity contribution in [2.75, 3.05) is 18.4 Å². The number of likely N-dealkylation sites (tertiary alicyclic amines) is 1. The number of aryl methyl sites for hydroxylation is 1. The van der Waals surface area contributed by atoms with Gasteiger partial charge in [-0.05, 0) is 94.9 Å². The highest BCUT2D eigenvalue weighted by atomic mass is 19.1. The van der Waals surface area contributed by atoms with E-state index in [0.29, 0.717) is 49.7 Å². The molecule has 1 aliphatic carbocycles. The highest BCUT2D eigenvalue weighted by Crippen LogP contribution is 2.32. The number of benzene rings is 1. The van der Waals surface area contributed by atoms with E-state index < -0.39 is 41.2 Å². The van der Waals surface area contributed by atoms with Crippen molar-refractivity contribution in [1.82, 2.24) is 25.3 Å². The SMILES string of the molecule is CCC(=O)N[C@@H](C(=O)N1CCC(CC(=O)OC(C)(C)C)CC1)[C@@H](C)c1ccc(NC(=O)[C@@H](NC(=O)c2ccnn2CC)[C@H]2CC[C@H](C)CC2)c(F)c1. The summed E-state index contributed by atoms with van der Waals surface area (Å²) in [7, 11) is 0. The zero-order chi connectivity index (χ0) is 38.2. The first-order valence-corrected chi connectivity index (χ1v) is 18.8. The molecule has 3 atom stereocenters. The summed E-state index contributed by atoms with van der Waals surface area (Å²) in [5.74, 6) is -2.55. The summed E-state index contributed by atoms with van der Waals surface area (Å²) >= 11 is 0. The number of hydrogen-bond donors (Lipinski definition) is 3. The number of halogens is 1. The highest BCUT2D eigenvalue weighted by molar-refractivity contribution is 6.00. The van der Waals surface area contributed by atoms with Crippen molar-refractivity contribution in [3.05, 3.63) is 47.5 Å². The summed E-state index contributed by atoms with van der Waals surface area (Å²) in [5, 5.41) is 12.6. The van der Waals surface area contributed by atoms with Crippen LogP contribution in [0.3, 0.4) is 0 Å². The molecule has 4 amide bonds. The molecule has 2 aliphatic rings. The lowest BCUT2D eigenvalue weighted by Gasteiger charge is -2.36. The monoisotopic (exact) mass is 724 g/mol. The van der Waals surface area contributed by atoms with Gasteiger partial charge in [-0.2, -0.15) is 5.10 Å². The van der Waals surface area contributed by atoms with Crippen molar-refractivity contribution < 1.29 is 33.1 Å². The number of carbonyl (C=O) groups excluding carboxylic acids is 5. The maximum atomic E-state index is 15.8. The van der Waals surface area contributed by atoms with Gasteiger partial charge in [0.25, 0.3) is 5.91 Å². The Labute approximate surface area is 307 Å². The van der Waals surface area contributed by atoms with Crippen LogP contribution in [0.4, 0.5) is 10.1 Å². The molecule has 1 aliphatic heterocycles. The summed E-state index contributed by atoms with van der Waals surface area (Å²) in [5.41, 5.74) is 0.212. The van der Waals surface area contributed by atoms with Gasteiger partial charge in [-0.25, -0.2) is 4.39 Å². The van der Waals surface area contributed by atoms with Gasteiger partial charge in [0, 0.05) is 44.6 Å². The summed E-state index contributed by atoms with van der Waals surface area (Å²) in [4.78, 5) is 67.5. The molecule has 2 aromatic rings. The van der Waals surface area contributed by atoms with Gasteiger partial charge < -0.3 is 25.6 Å². The summed E-state index contributed by atoms with van der Waals surface area (Å²) in [6, 6.07) is 4.16. The number of amides is 4. The largest absolute Gasteiger partial charge is 0.460 e. The average molecular weight is 725 g/mol. The summed E-state index contributed by atoms with van der Waals surface area (Å²) < 4.78 is 22.8. The molecule has 12 nitrogen and oxygen atoms in total. The Morgan fingerprint density at radius 2 is 1.65 bits per heavy atom. The van der Waals surface area contributed by atoms with Crippen molar-refractivity contribution in [2.24, 2.45) is 17.8 Å². The summed E-state index contributed by atoms with van der Waals surface area (Å²) in [6.45, 7) is 14.3. The van der Waals surface area contributed by atoms with Crippen molar-refractivity contribution >= 4 is 35.3 Å². The van der Waals surface area contributed by atoms with Crippen molar-refractivity contribution in [3.8, 4) is 0 Å². The van der Waals surface area contributed by atoms with Crippen LogP contribution in [-0.2, 0) is 30.5 Å². The van der Waals surface area contributed by atoms with E-state index in [0.717, 1.165) is 25.7 Å². The molecule has 1 saturated heterocycles. The van der Waals surface area contributed by atoms with Crippen LogP contribution in [0.5, 0.6) is 0 Å². The van der Waals surface area contributed by atoms with Crippen LogP contribution in [-0.4, -0.2) is 75.1 Å². The molecule has 2 fully saturated rings. The van der Waals surface area contributed by atoms with E-state index in [4.69, 9.17) is 4.74 Å². The number of nitrogens with zero attached hydrogens (tertiary/aromatic N) is 3. The number of esters is 1. The lowest BCUT2D eigenvalue weighted by Crippen LogP contribution is -2.52. The number of nitrogens with one attached hydrogen (secondary N) is 3. The van der Waals surface area contributed by atoms with Crippen LogP contribution < -0.4 is 16.0 Å². The molecular formula is C39H57FN6O6. The minimum Gasteiger partial charge on any atom is -0.460 e. The minimum absolute atomic E-state index is 0.0458. The first-order valence-electron chi connectivity index (χ1n) is 18.8. The Morgan fingerprint density at radius 1 is 0.981 bits per heavy atom. The fourth-order valence-corrected chi connectivity index (χ4v) is 7.18. The molecule has 0 spiro atoms. The van der Waals surface area contributed by atoms with Crippen LogP contribution >= 0.6 is 0 Å². The van der Waals surface area contributed by atoms with Gasteiger partial charge in [0.2, 0.25) is 17.7 Å². The quantitative estimate of drug-likeness (QED) is 0.229. The molecule has 4 rings (SSSR count). The van der Waals surface area contributed by atoms with Crippen LogP contribution in [0.15, 0.2) is 30.5 Å². The molecule has 2 heterocycles. The van der Waals surface area contributed by atoms with E-state index >= 15 is 4.39 Å². The number of carbonyl (C=O) groups is 5. The van der Waals surface area contributed by atoms with Gasteiger partial charge in [-0.1, -0.05) is 39.7 Å². The lowest BCUT2D eigenvalue weighted by atomic mass is 9.79. The maximum Gasteiger partial charge on any atom is 0.306 e. The number of rotatable bonds is 13. The second-order valence-corrected chi connectivity index (χ2v) is 15.5. The Bertz CT molecular complexity index is 1570. The Hall–Kier alpha value is -4.29. The van der Waals surface area contributed by atoms with Gasteiger partial charge in [0.05, 0.1) is 5.69 Å². The number of piperidine rings is 1. The Kier molecular flexibility index (Phi) is 14.0. The van der Waals surface area contributed by atoms with Gasteiger partial charge >= 0.3 is 5.97 Å². The molecular weight excluding hydrogens is 667 g/mol. The molecule has 1 aromatic heterocycles. The Morgan fingerprint density at radius 3 is 2.25 bits per heavy atom. The van der Waals surface area contributed by atoms with Crippen molar-refractivity contribution in [2.45, 2.75) is 130 Å². The third-order valence-electron chi connectivity index (χ3n) is 10.3.